The Bertz CT molecular complexity index is 1110. The van der Waals surface area contributed by atoms with Crippen LogP contribution in [-0.4, -0.2) is 24.7 Å². The lowest BCUT2D eigenvalue weighted by Gasteiger charge is -2.17. The van der Waals surface area contributed by atoms with Gasteiger partial charge < -0.3 is 5.11 Å². The average Bonchev–Trinajstić information content (AvgIpc) is 3.17. The van der Waals surface area contributed by atoms with Gasteiger partial charge in [0.25, 0.3) is 0 Å². The molecular weight excluding hydrogens is 332 g/mol. The number of nitrogens with zero attached hydrogens (tertiary/aromatic N) is 4. The molecule has 0 bridgehead atoms. The quantitative estimate of drug-likeness (QED) is 0.560. The van der Waals surface area contributed by atoms with E-state index in [1.54, 1.807) is 12.1 Å². The molecule has 5 rings (SSSR count). The summed E-state index contributed by atoms with van der Waals surface area (Å²) in [5, 5.41) is 15.4. The van der Waals surface area contributed by atoms with Crippen LogP contribution >= 0.6 is 11.3 Å². The van der Waals surface area contributed by atoms with Crippen LogP contribution in [0, 0.1) is 12.8 Å². The van der Waals surface area contributed by atoms with Gasteiger partial charge in [-0.05, 0) is 61.9 Å². The minimum Gasteiger partial charge on any atom is -0.508 e. The van der Waals surface area contributed by atoms with Gasteiger partial charge in [-0.25, -0.2) is 9.97 Å². The van der Waals surface area contributed by atoms with Crippen molar-refractivity contribution in [1.82, 2.24) is 19.6 Å². The lowest BCUT2D eigenvalue weighted by Crippen LogP contribution is -2.09. The number of phenolic OH excluding ortho intramolecular Hbond substituents is 1. The molecule has 0 aliphatic heterocycles. The molecule has 126 valence electrons. The first-order valence-corrected chi connectivity index (χ1v) is 9.39. The van der Waals surface area contributed by atoms with Gasteiger partial charge in [-0.2, -0.15) is 4.52 Å². The molecule has 0 unspecified atom stereocenters. The Kier molecular flexibility index (Phi) is 3.12. The van der Waals surface area contributed by atoms with E-state index >= 15 is 0 Å². The van der Waals surface area contributed by atoms with Crippen LogP contribution in [0.25, 0.3) is 27.3 Å². The maximum Gasteiger partial charge on any atom is 0.182 e. The number of hydrogen-bond donors (Lipinski definition) is 1. The predicted octanol–water partition coefficient (Wildman–Crippen LogP) is 4.14. The van der Waals surface area contributed by atoms with Gasteiger partial charge in [0.1, 0.15) is 16.4 Å². The van der Waals surface area contributed by atoms with Crippen LogP contribution < -0.4 is 0 Å². The smallest absolute Gasteiger partial charge is 0.182 e. The minimum atomic E-state index is 0.244. The molecular formula is C19H18N4OS. The normalized spacial score (nSPS) is 17.3. The standard InChI is InChI=1S/C19H18N4OS/c1-10-3-8-15-14(9-10)16-18-21-17(12-4-6-13(24)7-5-12)22-23(18)11(2)20-19(16)25-15/h4-7,10,24H,3,8-9H2,1-2H3/t10-/m1/s1. The summed E-state index contributed by atoms with van der Waals surface area (Å²) in [6.07, 6.45) is 3.49. The molecule has 0 saturated carbocycles. The van der Waals surface area contributed by atoms with Gasteiger partial charge in [-0.15, -0.1) is 16.4 Å². The lowest BCUT2D eigenvalue weighted by molar-refractivity contribution is 0.475. The van der Waals surface area contributed by atoms with Gasteiger partial charge in [0, 0.05) is 10.4 Å². The molecule has 1 atom stereocenters. The van der Waals surface area contributed by atoms with Crippen molar-refractivity contribution in [3.8, 4) is 17.1 Å². The third kappa shape index (κ3) is 2.24. The van der Waals surface area contributed by atoms with Crippen molar-refractivity contribution < 1.29 is 5.11 Å². The number of phenols is 1. The zero-order valence-electron chi connectivity index (χ0n) is 14.2. The molecule has 1 aromatic carbocycles. The molecule has 1 aliphatic rings. The summed E-state index contributed by atoms with van der Waals surface area (Å²) < 4.78 is 1.86. The molecule has 25 heavy (non-hydrogen) atoms. The number of fused-ring (bicyclic) bond motifs is 5. The lowest BCUT2D eigenvalue weighted by atomic mass is 9.89. The summed E-state index contributed by atoms with van der Waals surface area (Å²) in [6.45, 7) is 4.29. The van der Waals surface area contributed by atoms with E-state index in [-0.39, 0.29) is 5.75 Å². The first-order chi connectivity index (χ1) is 12.1. The highest BCUT2D eigenvalue weighted by Gasteiger charge is 2.24. The SMILES string of the molecule is Cc1nc2sc3c(c2c2nc(-c4ccc(O)cc4)nn12)C[C@H](C)CC3. The third-order valence-corrected chi connectivity index (χ3v) is 6.20. The van der Waals surface area contributed by atoms with Crippen LogP contribution in [0.3, 0.4) is 0 Å². The monoisotopic (exact) mass is 350 g/mol. The minimum absolute atomic E-state index is 0.244. The average molecular weight is 350 g/mol. The van der Waals surface area contributed by atoms with E-state index in [2.05, 4.69) is 12.0 Å². The summed E-state index contributed by atoms with van der Waals surface area (Å²) in [6, 6.07) is 7.01. The van der Waals surface area contributed by atoms with Gasteiger partial charge in [-0.3, -0.25) is 0 Å². The Hall–Kier alpha value is -2.47. The summed E-state index contributed by atoms with van der Waals surface area (Å²) in [4.78, 5) is 12.2. The van der Waals surface area contributed by atoms with Crippen molar-refractivity contribution in [2.75, 3.05) is 0 Å². The van der Waals surface area contributed by atoms with Crippen molar-refractivity contribution in [1.29, 1.82) is 0 Å². The molecule has 0 fully saturated rings. The molecule has 1 aliphatic carbocycles. The Labute approximate surface area is 149 Å². The van der Waals surface area contributed by atoms with Crippen LogP contribution in [0.2, 0.25) is 0 Å². The summed E-state index contributed by atoms with van der Waals surface area (Å²) in [7, 11) is 0. The number of aryl methyl sites for hydroxylation is 2. The van der Waals surface area contributed by atoms with Crippen molar-refractivity contribution in [3.05, 3.63) is 40.5 Å². The van der Waals surface area contributed by atoms with Crippen LogP contribution in [-0.2, 0) is 12.8 Å². The summed E-state index contributed by atoms with van der Waals surface area (Å²) in [5.41, 5.74) is 3.21. The number of benzene rings is 1. The molecule has 0 spiro atoms. The fourth-order valence-corrected chi connectivity index (χ4v) is 4.94. The van der Waals surface area contributed by atoms with Gasteiger partial charge in [0.2, 0.25) is 0 Å². The van der Waals surface area contributed by atoms with Crippen LogP contribution in [0.4, 0.5) is 0 Å². The summed E-state index contributed by atoms with van der Waals surface area (Å²) >= 11 is 1.81. The zero-order chi connectivity index (χ0) is 17.1. The van der Waals surface area contributed by atoms with E-state index in [0.29, 0.717) is 11.7 Å². The number of aromatic hydroxyl groups is 1. The Balaban J connectivity index is 1.80. The molecule has 1 N–H and O–H groups in total. The molecule has 0 radical (unpaired) electrons. The van der Waals surface area contributed by atoms with Gasteiger partial charge >= 0.3 is 0 Å². The van der Waals surface area contributed by atoms with E-state index < -0.39 is 0 Å². The fourth-order valence-electron chi connectivity index (χ4n) is 3.68. The molecule has 6 heteroatoms. The Morgan fingerprint density at radius 3 is 2.80 bits per heavy atom. The second-order valence-corrected chi connectivity index (χ2v) is 7.99. The zero-order valence-corrected chi connectivity index (χ0v) is 15.0. The largest absolute Gasteiger partial charge is 0.508 e. The molecule has 0 amide bonds. The first-order valence-electron chi connectivity index (χ1n) is 8.57. The Morgan fingerprint density at radius 1 is 1.20 bits per heavy atom. The second kappa shape index (κ2) is 5.26. The first kappa shape index (κ1) is 14.8. The highest BCUT2D eigenvalue weighted by Crippen LogP contribution is 2.39. The van der Waals surface area contributed by atoms with Crippen LogP contribution in [0.1, 0.15) is 29.6 Å². The second-order valence-electron chi connectivity index (χ2n) is 6.91. The summed E-state index contributed by atoms with van der Waals surface area (Å²) in [5.74, 6) is 2.47. The number of rotatable bonds is 1. The van der Waals surface area contributed by atoms with Gasteiger partial charge in [-0.1, -0.05) is 6.92 Å². The highest BCUT2D eigenvalue weighted by atomic mass is 32.1. The van der Waals surface area contributed by atoms with Gasteiger partial charge in [0.15, 0.2) is 11.5 Å². The van der Waals surface area contributed by atoms with Crippen molar-refractivity contribution in [3.63, 3.8) is 0 Å². The van der Waals surface area contributed by atoms with Crippen molar-refractivity contribution in [2.24, 2.45) is 5.92 Å². The fraction of sp³-hybridized carbons (Fsp3) is 0.316. The molecule has 0 saturated heterocycles. The maximum absolute atomic E-state index is 9.50. The van der Waals surface area contributed by atoms with E-state index in [0.717, 1.165) is 34.7 Å². The number of thiophene rings is 1. The number of hydrogen-bond acceptors (Lipinski definition) is 5. The third-order valence-electron chi connectivity index (χ3n) is 5.02. The van der Waals surface area contributed by atoms with Crippen LogP contribution in [0.15, 0.2) is 24.3 Å². The van der Waals surface area contributed by atoms with E-state index in [1.165, 1.54) is 22.2 Å². The number of aromatic nitrogens is 4. The predicted molar refractivity (Wildman–Crippen MR) is 99.2 cm³/mol. The topological polar surface area (TPSA) is 63.3 Å². The van der Waals surface area contributed by atoms with E-state index in [9.17, 15) is 5.11 Å². The van der Waals surface area contributed by atoms with E-state index in [1.807, 2.05) is 34.9 Å². The highest BCUT2D eigenvalue weighted by molar-refractivity contribution is 7.19. The van der Waals surface area contributed by atoms with Gasteiger partial charge in [0.05, 0.1) is 5.39 Å². The molecule has 3 heterocycles. The van der Waals surface area contributed by atoms with Crippen LogP contribution in [0.5, 0.6) is 5.75 Å². The van der Waals surface area contributed by atoms with Crippen molar-refractivity contribution >= 4 is 27.2 Å². The van der Waals surface area contributed by atoms with Crippen molar-refractivity contribution in [2.45, 2.75) is 33.1 Å². The van der Waals surface area contributed by atoms with E-state index in [4.69, 9.17) is 9.97 Å². The molecule has 3 aromatic heterocycles. The molecule has 5 nitrogen and oxygen atoms in total. The Morgan fingerprint density at radius 2 is 2.00 bits per heavy atom. The maximum atomic E-state index is 9.50. The molecule has 4 aromatic rings.